The van der Waals surface area contributed by atoms with Gasteiger partial charge < -0.3 is 15.4 Å². The topological polar surface area (TPSA) is 84.6 Å². The van der Waals surface area contributed by atoms with Gasteiger partial charge >= 0.3 is 6.09 Å². The highest BCUT2D eigenvalue weighted by molar-refractivity contribution is 5.69. The number of hydrogen-bond acceptors (Lipinski definition) is 6. The number of amides is 1. The number of aromatic nitrogens is 2. The maximum atomic E-state index is 12.4. The van der Waals surface area contributed by atoms with Crippen LogP contribution in [0.15, 0.2) is 12.4 Å². The van der Waals surface area contributed by atoms with Crippen LogP contribution in [0.25, 0.3) is 0 Å². The lowest BCUT2D eigenvalue weighted by molar-refractivity contribution is 0.00566. The summed E-state index contributed by atoms with van der Waals surface area (Å²) < 4.78 is 5.52. The van der Waals surface area contributed by atoms with E-state index in [9.17, 15) is 4.79 Å². The second-order valence-electron chi connectivity index (χ2n) is 7.05. The fraction of sp³-hybridized carbons (Fsp3) is 0.688. The quantitative estimate of drug-likeness (QED) is 0.893. The summed E-state index contributed by atoms with van der Waals surface area (Å²) in [5, 5.41) is 0. The monoisotopic (exact) mass is 321 g/mol. The first-order valence-corrected chi connectivity index (χ1v) is 7.98. The van der Waals surface area contributed by atoms with Crippen LogP contribution in [0.5, 0.6) is 0 Å². The minimum atomic E-state index is -0.487. The van der Waals surface area contributed by atoms with Gasteiger partial charge in [0.05, 0.1) is 36.7 Å². The number of carbonyl (C=O) groups is 1. The van der Waals surface area contributed by atoms with E-state index in [0.717, 1.165) is 18.8 Å². The zero-order chi connectivity index (χ0) is 17.2. The first-order chi connectivity index (χ1) is 10.7. The van der Waals surface area contributed by atoms with Crippen molar-refractivity contribution in [2.24, 2.45) is 5.73 Å². The van der Waals surface area contributed by atoms with Gasteiger partial charge in [0, 0.05) is 13.1 Å². The summed E-state index contributed by atoms with van der Waals surface area (Å²) in [6.07, 6.45) is 3.32. The van der Waals surface area contributed by atoms with Crippen LogP contribution in [0.2, 0.25) is 0 Å². The average molecular weight is 321 g/mol. The van der Waals surface area contributed by atoms with Gasteiger partial charge in [-0.1, -0.05) is 0 Å². The molecule has 0 saturated carbocycles. The van der Waals surface area contributed by atoms with Crippen LogP contribution >= 0.6 is 0 Å². The van der Waals surface area contributed by atoms with Crippen molar-refractivity contribution < 1.29 is 9.53 Å². The maximum absolute atomic E-state index is 12.4. The van der Waals surface area contributed by atoms with Crippen molar-refractivity contribution in [1.82, 2.24) is 14.9 Å². The second kappa shape index (κ2) is 6.70. The molecule has 2 heterocycles. The van der Waals surface area contributed by atoms with Gasteiger partial charge in [0.15, 0.2) is 0 Å². The van der Waals surface area contributed by atoms with Gasteiger partial charge in [-0.25, -0.2) is 14.8 Å². The van der Waals surface area contributed by atoms with Crippen molar-refractivity contribution in [3.05, 3.63) is 18.2 Å². The fourth-order valence-electron chi connectivity index (χ4n) is 2.82. The van der Waals surface area contributed by atoms with Crippen LogP contribution in [0.1, 0.15) is 40.4 Å². The van der Waals surface area contributed by atoms with E-state index in [-0.39, 0.29) is 18.2 Å². The fourth-order valence-corrected chi connectivity index (χ4v) is 2.82. The molecule has 7 nitrogen and oxygen atoms in total. The van der Waals surface area contributed by atoms with E-state index < -0.39 is 5.60 Å². The van der Waals surface area contributed by atoms with Crippen LogP contribution in [0.3, 0.4) is 0 Å². The lowest BCUT2D eigenvalue weighted by Crippen LogP contribution is -2.59. The molecule has 2 rings (SSSR count). The highest BCUT2D eigenvalue weighted by Crippen LogP contribution is 2.23. The molecule has 1 saturated heterocycles. The van der Waals surface area contributed by atoms with E-state index >= 15 is 0 Å². The van der Waals surface area contributed by atoms with Crippen molar-refractivity contribution in [3.63, 3.8) is 0 Å². The van der Waals surface area contributed by atoms with Gasteiger partial charge in [-0.15, -0.1) is 0 Å². The molecule has 23 heavy (non-hydrogen) atoms. The van der Waals surface area contributed by atoms with Gasteiger partial charge in [0.1, 0.15) is 11.4 Å². The number of piperazine rings is 1. The summed E-state index contributed by atoms with van der Waals surface area (Å²) in [6, 6.07) is 0.0885. The third-order valence-electron chi connectivity index (χ3n) is 3.76. The molecule has 0 aliphatic carbocycles. The lowest BCUT2D eigenvalue weighted by Gasteiger charge is -2.45. The Bertz CT molecular complexity index is 528. The predicted molar refractivity (Wildman–Crippen MR) is 89.1 cm³/mol. The molecule has 2 unspecified atom stereocenters. The Morgan fingerprint density at radius 1 is 1.26 bits per heavy atom. The molecule has 2 atom stereocenters. The van der Waals surface area contributed by atoms with Crippen LogP contribution < -0.4 is 10.6 Å². The summed E-state index contributed by atoms with van der Waals surface area (Å²) in [4.78, 5) is 24.9. The number of carbonyl (C=O) groups excluding carboxylic acids is 1. The largest absolute Gasteiger partial charge is 0.444 e. The Morgan fingerprint density at radius 3 is 2.22 bits per heavy atom. The summed E-state index contributed by atoms with van der Waals surface area (Å²) in [7, 11) is 0. The zero-order valence-corrected chi connectivity index (χ0v) is 14.6. The van der Waals surface area contributed by atoms with Crippen LogP contribution in [0, 0.1) is 0 Å². The molecule has 1 aromatic heterocycles. The van der Waals surface area contributed by atoms with Crippen molar-refractivity contribution in [3.8, 4) is 0 Å². The van der Waals surface area contributed by atoms with E-state index in [0.29, 0.717) is 12.4 Å². The van der Waals surface area contributed by atoms with Gasteiger partial charge in [0.25, 0.3) is 0 Å². The van der Waals surface area contributed by atoms with Crippen LogP contribution in [0.4, 0.5) is 10.5 Å². The molecular formula is C16H27N5O2. The van der Waals surface area contributed by atoms with Crippen molar-refractivity contribution in [2.45, 2.75) is 58.8 Å². The van der Waals surface area contributed by atoms with E-state index in [1.807, 2.05) is 39.5 Å². The van der Waals surface area contributed by atoms with E-state index in [4.69, 9.17) is 10.5 Å². The molecule has 1 amide bonds. The van der Waals surface area contributed by atoms with Crippen molar-refractivity contribution in [1.29, 1.82) is 0 Å². The minimum absolute atomic E-state index is 0.0442. The Morgan fingerprint density at radius 2 is 1.78 bits per heavy atom. The molecule has 2 N–H and O–H groups in total. The number of anilines is 1. The standard InChI is InChI=1S/C16H27N5O2/c1-11-9-20(13-7-18-14(6-17)19-8-13)10-12(2)21(11)15(22)23-16(3,4)5/h7-8,11-12H,6,9-10,17H2,1-5H3. The molecule has 1 aliphatic heterocycles. The molecule has 7 heteroatoms. The molecule has 0 spiro atoms. The predicted octanol–water partition coefficient (Wildman–Crippen LogP) is 1.77. The lowest BCUT2D eigenvalue weighted by atomic mass is 10.1. The Labute approximate surface area is 137 Å². The Kier molecular flexibility index (Phi) is 5.09. The van der Waals surface area contributed by atoms with Gasteiger partial charge in [-0.3, -0.25) is 4.90 Å². The number of hydrogen-bond donors (Lipinski definition) is 1. The smallest absolute Gasteiger partial charge is 0.410 e. The van der Waals surface area contributed by atoms with E-state index in [2.05, 4.69) is 14.9 Å². The average Bonchev–Trinajstić information content (AvgIpc) is 2.44. The second-order valence-corrected chi connectivity index (χ2v) is 7.05. The molecule has 0 bridgehead atoms. The minimum Gasteiger partial charge on any atom is -0.444 e. The maximum Gasteiger partial charge on any atom is 0.410 e. The zero-order valence-electron chi connectivity index (χ0n) is 14.6. The van der Waals surface area contributed by atoms with Crippen LogP contribution in [-0.4, -0.2) is 51.7 Å². The summed E-state index contributed by atoms with van der Waals surface area (Å²) >= 11 is 0. The third kappa shape index (κ3) is 4.31. The molecular weight excluding hydrogens is 294 g/mol. The number of nitrogens with two attached hydrogens (primary N) is 1. The van der Waals surface area contributed by atoms with Gasteiger partial charge in [0.2, 0.25) is 0 Å². The van der Waals surface area contributed by atoms with Gasteiger partial charge in [-0.2, -0.15) is 0 Å². The summed E-state index contributed by atoms with van der Waals surface area (Å²) in [6.45, 7) is 11.5. The number of nitrogens with zero attached hydrogens (tertiary/aromatic N) is 4. The van der Waals surface area contributed by atoms with E-state index in [1.165, 1.54) is 0 Å². The molecule has 0 radical (unpaired) electrons. The summed E-state index contributed by atoms with van der Waals surface area (Å²) in [5.41, 5.74) is 5.99. The normalized spacial score (nSPS) is 22.2. The van der Waals surface area contributed by atoms with Crippen LogP contribution in [-0.2, 0) is 11.3 Å². The Hall–Kier alpha value is -1.89. The molecule has 0 aromatic carbocycles. The highest BCUT2D eigenvalue weighted by Gasteiger charge is 2.35. The molecule has 1 aromatic rings. The molecule has 1 fully saturated rings. The molecule has 1 aliphatic rings. The molecule has 128 valence electrons. The summed E-state index contributed by atoms with van der Waals surface area (Å²) in [5.74, 6) is 0.627. The third-order valence-corrected chi connectivity index (χ3v) is 3.76. The first-order valence-electron chi connectivity index (χ1n) is 7.98. The number of ether oxygens (including phenoxy) is 1. The van der Waals surface area contributed by atoms with Gasteiger partial charge in [-0.05, 0) is 34.6 Å². The first kappa shape index (κ1) is 17.5. The number of rotatable bonds is 2. The Balaban J connectivity index is 2.07. The SMILES string of the molecule is CC1CN(c2cnc(CN)nc2)CC(C)N1C(=O)OC(C)(C)C. The van der Waals surface area contributed by atoms with E-state index in [1.54, 1.807) is 12.4 Å². The van der Waals surface area contributed by atoms with Crippen molar-refractivity contribution in [2.75, 3.05) is 18.0 Å². The highest BCUT2D eigenvalue weighted by atomic mass is 16.6. The van der Waals surface area contributed by atoms with Crippen molar-refractivity contribution >= 4 is 11.8 Å².